The second-order valence-corrected chi connectivity index (χ2v) is 8.65. The van der Waals surface area contributed by atoms with Crippen LogP contribution >= 0.6 is 0 Å². The van der Waals surface area contributed by atoms with Crippen LogP contribution in [-0.2, 0) is 11.8 Å². The first-order valence-electron chi connectivity index (χ1n) is 9.29. The smallest absolute Gasteiger partial charge is 0.00474 e. The van der Waals surface area contributed by atoms with Gasteiger partial charge in [-0.15, -0.1) is 0 Å². The maximum Gasteiger partial charge on any atom is 0.00474 e. The molecule has 1 aromatic rings. The second kappa shape index (κ2) is 7.55. The molecule has 0 nitrogen and oxygen atoms in total. The lowest BCUT2D eigenvalue weighted by molar-refractivity contribution is 0.468. The van der Waals surface area contributed by atoms with Crippen molar-refractivity contribution in [1.82, 2.24) is 0 Å². The molecule has 0 heterocycles. The monoisotopic (exact) mass is 322 g/mol. The minimum atomic E-state index is 0.236. The summed E-state index contributed by atoms with van der Waals surface area (Å²) >= 11 is 0. The summed E-state index contributed by atoms with van der Waals surface area (Å²) in [7, 11) is 0. The minimum Gasteiger partial charge on any atom is -0.0952 e. The van der Waals surface area contributed by atoms with Crippen molar-refractivity contribution in [1.29, 1.82) is 0 Å². The Hall–Kier alpha value is -1.56. The molecule has 130 valence electrons. The Morgan fingerprint density at radius 1 is 1.08 bits per heavy atom. The fourth-order valence-corrected chi connectivity index (χ4v) is 3.45. The lowest BCUT2D eigenvalue weighted by Gasteiger charge is -2.28. The molecule has 0 heteroatoms. The van der Waals surface area contributed by atoms with E-state index in [9.17, 15) is 0 Å². The highest BCUT2D eigenvalue weighted by Crippen LogP contribution is 2.35. The molecule has 0 saturated carbocycles. The fraction of sp³-hybridized carbons (Fsp3) is 0.500. The summed E-state index contributed by atoms with van der Waals surface area (Å²) in [6.45, 7) is 17.8. The van der Waals surface area contributed by atoms with Gasteiger partial charge in [-0.1, -0.05) is 74.9 Å². The maximum atomic E-state index is 4.26. The Kier molecular flexibility index (Phi) is 5.91. The SMILES string of the molecule is C=C1C=C[C@H](CCc2ccc(C(C)(C)C)cc2)CC1C(C)=C(C)C. The average molecular weight is 323 g/mol. The molecule has 0 bridgehead atoms. The molecule has 0 fully saturated rings. The van der Waals surface area contributed by atoms with Crippen molar-refractivity contribution in [3.8, 4) is 0 Å². The Morgan fingerprint density at radius 3 is 2.25 bits per heavy atom. The van der Waals surface area contributed by atoms with Gasteiger partial charge < -0.3 is 0 Å². The molecular formula is C24H34. The van der Waals surface area contributed by atoms with Crippen LogP contribution in [-0.4, -0.2) is 0 Å². The molecule has 0 aliphatic heterocycles. The third-order valence-corrected chi connectivity index (χ3v) is 5.50. The maximum absolute atomic E-state index is 4.26. The van der Waals surface area contributed by atoms with Gasteiger partial charge in [0, 0.05) is 5.92 Å². The zero-order chi connectivity index (χ0) is 17.9. The van der Waals surface area contributed by atoms with Crippen LogP contribution in [0.1, 0.15) is 65.5 Å². The Balaban J connectivity index is 1.98. The predicted octanol–water partition coefficient (Wildman–Crippen LogP) is 7.02. The van der Waals surface area contributed by atoms with Gasteiger partial charge in [0.15, 0.2) is 0 Å². The first kappa shape index (κ1) is 18.8. The van der Waals surface area contributed by atoms with Crippen molar-refractivity contribution >= 4 is 0 Å². The lowest BCUT2D eigenvalue weighted by atomic mass is 9.77. The summed E-state index contributed by atoms with van der Waals surface area (Å²) in [6.07, 6.45) is 8.23. The van der Waals surface area contributed by atoms with Gasteiger partial charge in [0.2, 0.25) is 0 Å². The molecule has 1 aliphatic carbocycles. The normalized spacial score (nSPS) is 21.0. The number of allylic oxidation sites excluding steroid dienone is 5. The molecule has 0 saturated heterocycles. The van der Waals surface area contributed by atoms with Crippen molar-refractivity contribution in [3.63, 3.8) is 0 Å². The molecule has 1 aromatic carbocycles. The largest absolute Gasteiger partial charge is 0.0952 e. The molecule has 0 aromatic heterocycles. The van der Waals surface area contributed by atoms with Gasteiger partial charge in [-0.2, -0.15) is 0 Å². The number of hydrogen-bond donors (Lipinski definition) is 0. The van der Waals surface area contributed by atoms with E-state index in [2.05, 4.69) is 84.5 Å². The Bertz CT molecular complexity index is 628. The number of aryl methyl sites for hydroxylation is 1. The van der Waals surface area contributed by atoms with Gasteiger partial charge in [0.05, 0.1) is 0 Å². The van der Waals surface area contributed by atoms with Gasteiger partial charge in [-0.3, -0.25) is 0 Å². The van der Waals surface area contributed by atoms with Crippen LogP contribution in [0.25, 0.3) is 0 Å². The quantitative estimate of drug-likeness (QED) is 0.522. The molecule has 0 radical (unpaired) electrons. The summed E-state index contributed by atoms with van der Waals surface area (Å²) in [5, 5.41) is 0. The standard InChI is InChI=1S/C24H34/c1-17(2)19(4)23-16-21(9-8-18(23)3)11-10-20-12-14-22(15-13-20)24(5,6)7/h8-9,12-15,21,23H,3,10-11,16H2,1-2,4-7H3/t21-,23?/m1/s1. The summed E-state index contributed by atoms with van der Waals surface area (Å²) in [4.78, 5) is 0. The average Bonchev–Trinajstić information content (AvgIpc) is 2.53. The molecule has 2 atom stereocenters. The summed E-state index contributed by atoms with van der Waals surface area (Å²) in [5.41, 5.74) is 7.33. The van der Waals surface area contributed by atoms with E-state index in [-0.39, 0.29) is 5.41 Å². The van der Waals surface area contributed by atoms with Crippen molar-refractivity contribution in [2.75, 3.05) is 0 Å². The molecule has 0 N–H and O–H groups in total. The molecule has 24 heavy (non-hydrogen) atoms. The van der Waals surface area contributed by atoms with Gasteiger partial charge in [0.25, 0.3) is 0 Å². The van der Waals surface area contributed by atoms with E-state index in [1.807, 2.05) is 0 Å². The summed E-state index contributed by atoms with van der Waals surface area (Å²) < 4.78 is 0. The summed E-state index contributed by atoms with van der Waals surface area (Å²) in [5.74, 6) is 1.20. The Labute approximate surface area is 149 Å². The van der Waals surface area contributed by atoms with Crippen LogP contribution in [0.15, 0.2) is 59.7 Å². The van der Waals surface area contributed by atoms with Crippen molar-refractivity contribution in [3.05, 3.63) is 70.8 Å². The predicted molar refractivity (Wildman–Crippen MR) is 107 cm³/mol. The number of hydrogen-bond acceptors (Lipinski definition) is 0. The molecule has 0 amide bonds. The van der Waals surface area contributed by atoms with E-state index < -0.39 is 0 Å². The van der Waals surface area contributed by atoms with E-state index in [0.29, 0.717) is 11.8 Å². The topological polar surface area (TPSA) is 0 Å². The van der Waals surface area contributed by atoms with Crippen LogP contribution in [0.3, 0.4) is 0 Å². The van der Waals surface area contributed by atoms with E-state index in [1.54, 1.807) is 0 Å². The second-order valence-electron chi connectivity index (χ2n) is 8.65. The van der Waals surface area contributed by atoms with Gasteiger partial charge in [-0.05, 0) is 68.1 Å². The van der Waals surface area contributed by atoms with Crippen molar-refractivity contribution < 1.29 is 0 Å². The Morgan fingerprint density at radius 2 is 1.71 bits per heavy atom. The minimum absolute atomic E-state index is 0.236. The number of benzene rings is 1. The highest BCUT2D eigenvalue weighted by atomic mass is 14.3. The van der Waals surface area contributed by atoms with Crippen LogP contribution in [0.5, 0.6) is 0 Å². The molecule has 0 spiro atoms. The highest BCUT2D eigenvalue weighted by molar-refractivity contribution is 5.32. The van der Waals surface area contributed by atoms with E-state index >= 15 is 0 Å². The zero-order valence-electron chi connectivity index (χ0n) is 16.4. The fourth-order valence-electron chi connectivity index (χ4n) is 3.45. The third-order valence-electron chi connectivity index (χ3n) is 5.50. The summed E-state index contributed by atoms with van der Waals surface area (Å²) in [6, 6.07) is 9.21. The van der Waals surface area contributed by atoms with E-state index in [4.69, 9.17) is 0 Å². The van der Waals surface area contributed by atoms with Gasteiger partial charge in [-0.25, -0.2) is 0 Å². The molecule has 1 unspecified atom stereocenters. The number of rotatable bonds is 4. The zero-order valence-corrected chi connectivity index (χ0v) is 16.4. The molecule has 1 aliphatic rings. The van der Waals surface area contributed by atoms with Crippen LogP contribution in [0, 0.1) is 11.8 Å². The van der Waals surface area contributed by atoms with E-state index in [1.165, 1.54) is 40.7 Å². The molecule has 2 rings (SSSR count). The van der Waals surface area contributed by atoms with Gasteiger partial charge in [0.1, 0.15) is 0 Å². The van der Waals surface area contributed by atoms with Crippen LogP contribution in [0.2, 0.25) is 0 Å². The van der Waals surface area contributed by atoms with Gasteiger partial charge >= 0.3 is 0 Å². The van der Waals surface area contributed by atoms with E-state index in [0.717, 1.165) is 6.42 Å². The van der Waals surface area contributed by atoms with Crippen LogP contribution < -0.4 is 0 Å². The third kappa shape index (κ3) is 4.72. The highest BCUT2D eigenvalue weighted by Gasteiger charge is 2.22. The van der Waals surface area contributed by atoms with Crippen molar-refractivity contribution in [2.24, 2.45) is 11.8 Å². The first-order valence-corrected chi connectivity index (χ1v) is 9.29. The van der Waals surface area contributed by atoms with Crippen molar-refractivity contribution in [2.45, 2.75) is 66.2 Å². The lowest BCUT2D eigenvalue weighted by Crippen LogP contribution is -2.16. The first-order chi connectivity index (χ1) is 11.2. The molecular weight excluding hydrogens is 288 g/mol. The van der Waals surface area contributed by atoms with Crippen LogP contribution in [0.4, 0.5) is 0 Å².